The molecule has 1 aromatic carbocycles. The van der Waals surface area contributed by atoms with Crippen LogP contribution < -0.4 is 15.0 Å². The Hall–Kier alpha value is -2.54. The molecule has 0 radical (unpaired) electrons. The van der Waals surface area contributed by atoms with Crippen LogP contribution in [0.2, 0.25) is 5.02 Å². The van der Waals surface area contributed by atoms with Crippen LogP contribution in [0.4, 0.5) is 0 Å². The number of aryl methyl sites for hydroxylation is 1. The van der Waals surface area contributed by atoms with Crippen LogP contribution >= 0.6 is 11.6 Å². The monoisotopic (exact) mass is 332 g/mol. The van der Waals surface area contributed by atoms with E-state index in [-0.39, 0.29) is 5.56 Å². The third-order valence-corrected chi connectivity index (χ3v) is 4.01. The quantitative estimate of drug-likeness (QED) is 0.713. The lowest BCUT2D eigenvalue weighted by Crippen LogP contribution is -2.21. The van der Waals surface area contributed by atoms with Crippen LogP contribution in [0, 0.1) is 0 Å². The van der Waals surface area contributed by atoms with Crippen LogP contribution in [0.5, 0.6) is 11.5 Å². The van der Waals surface area contributed by atoms with Crippen molar-refractivity contribution >= 4 is 22.6 Å². The maximum absolute atomic E-state index is 12.5. The molecule has 1 aliphatic heterocycles. The van der Waals surface area contributed by atoms with E-state index in [1.54, 1.807) is 17.8 Å². The first kappa shape index (κ1) is 14.1. The van der Waals surface area contributed by atoms with E-state index in [0.717, 1.165) is 5.56 Å². The molecule has 2 aromatic heterocycles. The van der Waals surface area contributed by atoms with Gasteiger partial charge in [-0.3, -0.25) is 14.0 Å². The van der Waals surface area contributed by atoms with Gasteiger partial charge in [0.15, 0.2) is 17.1 Å². The van der Waals surface area contributed by atoms with Gasteiger partial charge in [-0.2, -0.15) is 5.10 Å². The van der Waals surface area contributed by atoms with Gasteiger partial charge in [0.1, 0.15) is 24.9 Å². The van der Waals surface area contributed by atoms with E-state index in [1.165, 1.54) is 17.1 Å². The smallest absolute Gasteiger partial charge is 0.264 e. The average Bonchev–Trinajstić information content (AvgIpc) is 2.92. The Bertz CT molecular complexity index is 963. The molecule has 4 rings (SSSR count). The molecule has 3 aromatic rings. The summed E-state index contributed by atoms with van der Waals surface area (Å²) in [5, 5.41) is 5.02. The van der Waals surface area contributed by atoms with Crippen LogP contribution in [0.15, 0.2) is 29.5 Å². The SMILES string of the molecule is Cn1ncc2c(=O)n(Cc3cc(Cl)c4c(c3)OCCO4)cnc21. The Kier molecular flexibility index (Phi) is 3.23. The van der Waals surface area contributed by atoms with Gasteiger partial charge in [-0.1, -0.05) is 11.6 Å². The Morgan fingerprint density at radius 3 is 3.00 bits per heavy atom. The van der Waals surface area contributed by atoms with Crippen molar-refractivity contribution in [1.82, 2.24) is 19.3 Å². The lowest BCUT2D eigenvalue weighted by molar-refractivity contribution is 0.171. The summed E-state index contributed by atoms with van der Waals surface area (Å²) >= 11 is 6.23. The highest BCUT2D eigenvalue weighted by molar-refractivity contribution is 6.32. The van der Waals surface area contributed by atoms with Crippen LogP contribution in [-0.4, -0.2) is 32.5 Å². The summed E-state index contributed by atoms with van der Waals surface area (Å²) < 4.78 is 14.1. The van der Waals surface area contributed by atoms with Gasteiger partial charge in [0, 0.05) is 7.05 Å². The third kappa shape index (κ3) is 2.33. The molecular weight excluding hydrogens is 320 g/mol. The molecule has 118 valence electrons. The second kappa shape index (κ2) is 5.27. The third-order valence-electron chi connectivity index (χ3n) is 3.73. The summed E-state index contributed by atoms with van der Waals surface area (Å²) in [6.07, 6.45) is 3.04. The summed E-state index contributed by atoms with van der Waals surface area (Å²) in [5.74, 6) is 1.15. The first-order valence-electron chi connectivity index (χ1n) is 7.08. The van der Waals surface area contributed by atoms with Crippen molar-refractivity contribution in [3.05, 3.63) is 45.6 Å². The molecule has 8 heteroatoms. The number of ether oxygens (including phenoxy) is 2. The molecule has 0 atom stereocenters. The second-order valence-electron chi connectivity index (χ2n) is 5.28. The Morgan fingerprint density at radius 2 is 2.13 bits per heavy atom. The number of hydrogen-bond acceptors (Lipinski definition) is 5. The zero-order valence-electron chi connectivity index (χ0n) is 12.3. The highest BCUT2D eigenvalue weighted by Crippen LogP contribution is 2.38. The second-order valence-corrected chi connectivity index (χ2v) is 5.69. The summed E-state index contributed by atoms with van der Waals surface area (Å²) in [6.45, 7) is 1.30. The average molecular weight is 333 g/mol. The van der Waals surface area contributed by atoms with Crippen LogP contribution in [0.1, 0.15) is 5.56 Å². The molecular formula is C15H13ClN4O3. The first-order chi connectivity index (χ1) is 11.1. The van der Waals surface area contributed by atoms with Crippen LogP contribution in [0.3, 0.4) is 0 Å². The van der Waals surface area contributed by atoms with E-state index in [2.05, 4.69) is 10.1 Å². The van der Waals surface area contributed by atoms with Crippen molar-refractivity contribution < 1.29 is 9.47 Å². The van der Waals surface area contributed by atoms with Crippen molar-refractivity contribution in [2.24, 2.45) is 7.05 Å². The number of fused-ring (bicyclic) bond motifs is 2. The van der Waals surface area contributed by atoms with E-state index >= 15 is 0 Å². The zero-order valence-corrected chi connectivity index (χ0v) is 13.1. The molecule has 0 bridgehead atoms. The van der Waals surface area contributed by atoms with Gasteiger partial charge in [-0.15, -0.1) is 0 Å². The van der Waals surface area contributed by atoms with Crippen molar-refractivity contribution in [2.75, 3.05) is 13.2 Å². The number of halogens is 1. The molecule has 23 heavy (non-hydrogen) atoms. The van der Waals surface area contributed by atoms with Gasteiger partial charge in [-0.05, 0) is 17.7 Å². The van der Waals surface area contributed by atoms with Crippen molar-refractivity contribution in [1.29, 1.82) is 0 Å². The summed E-state index contributed by atoms with van der Waals surface area (Å²) in [7, 11) is 1.75. The molecule has 3 heterocycles. The normalized spacial score (nSPS) is 13.5. The minimum atomic E-state index is -0.144. The van der Waals surface area contributed by atoms with Crippen LogP contribution in [-0.2, 0) is 13.6 Å². The first-order valence-corrected chi connectivity index (χ1v) is 7.46. The number of rotatable bonds is 2. The number of aromatic nitrogens is 4. The van der Waals surface area contributed by atoms with Gasteiger partial charge in [0.25, 0.3) is 5.56 Å². The Balaban J connectivity index is 1.75. The maximum atomic E-state index is 12.5. The molecule has 0 unspecified atom stereocenters. The van der Waals surface area contributed by atoms with Crippen LogP contribution in [0.25, 0.3) is 11.0 Å². The fourth-order valence-electron chi connectivity index (χ4n) is 2.63. The standard InChI is InChI=1S/C15H13ClN4O3/c1-19-14-10(6-18-19)15(21)20(8-17-14)7-9-4-11(16)13-12(5-9)22-2-3-23-13/h4-6,8H,2-3,7H2,1H3. The summed E-state index contributed by atoms with van der Waals surface area (Å²) in [6, 6.07) is 3.61. The van der Waals surface area contributed by atoms with E-state index in [9.17, 15) is 4.79 Å². The van der Waals surface area contributed by atoms with Gasteiger partial charge in [0.05, 0.1) is 17.8 Å². The molecule has 1 aliphatic rings. The van der Waals surface area contributed by atoms with Gasteiger partial charge < -0.3 is 9.47 Å². The molecule has 0 spiro atoms. The number of benzene rings is 1. The van der Waals surface area contributed by atoms with Crippen molar-refractivity contribution in [2.45, 2.75) is 6.54 Å². The lowest BCUT2D eigenvalue weighted by Gasteiger charge is -2.20. The predicted molar refractivity (Wildman–Crippen MR) is 84.3 cm³/mol. The van der Waals surface area contributed by atoms with E-state index in [1.807, 2.05) is 6.07 Å². The molecule has 0 saturated heterocycles. The molecule has 0 fully saturated rings. The summed E-state index contributed by atoms with van der Waals surface area (Å²) in [4.78, 5) is 16.8. The van der Waals surface area contributed by atoms with E-state index in [4.69, 9.17) is 21.1 Å². The Labute approximate surface area is 136 Å². The van der Waals surface area contributed by atoms with E-state index in [0.29, 0.717) is 47.3 Å². The van der Waals surface area contributed by atoms with Gasteiger partial charge >= 0.3 is 0 Å². The highest BCUT2D eigenvalue weighted by Gasteiger charge is 2.17. The van der Waals surface area contributed by atoms with Crippen molar-refractivity contribution in [3.63, 3.8) is 0 Å². The summed E-state index contributed by atoms with van der Waals surface area (Å²) in [5.41, 5.74) is 1.26. The number of hydrogen-bond donors (Lipinski definition) is 0. The molecule has 0 N–H and O–H groups in total. The largest absolute Gasteiger partial charge is 0.486 e. The number of nitrogens with zero attached hydrogens (tertiary/aromatic N) is 4. The zero-order chi connectivity index (χ0) is 16.0. The van der Waals surface area contributed by atoms with Gasteiger partial charge in [-0.25, -0.2) is 4.98 Å². The fourth-order valence-corrected chi connectivity index (χ4v) is 2.92. The molecule has 0 saturated carbocycles. The van der Waals surface area contributed by atoms with E-state index < -0.39 is 0 Å². The molecule has 7 nitrogen and oxygen atoms in total. The highest BCUT2D eigenvalue weighted by atomic mass is 35.5. The predicted octanol–water partition coefficient (Wildman–Crippen LogP) is 1.60. The minimum Gasteiger partial charge on any atom is -0.486 e. The molecule has 0 amide bonds. The van der Waals surface area contributed by atoms with Gasteiger partial charge in [0.2, 0.25) is 0 Å². The van der Waals surface area contributed by atoms with Crippen molar-refractivity contribution in [3.8, 4) is 11.5 Å². The Morgan fingerprint density at radius 1 is 1.30 bits per heavy atom. The fraction of sp³-hybridized carbons (Fsp3) is 0.267. The minimum absolute atomic E-state index is 0.144. The lowest BCUT2D eigenvalue weighted by atomic mass is 10.2. The topological polar surface area (TPSA) is 71.2 Å². The maximum Gasteiger partial charge on any atom is 0.264 e. The molecule has 0 aliphatic carbocycles.